The van der Waals surface area contributed by atoms with Gasteiger partial charge in [0.1, 0.15) is 0 Å². The summed E-state index contributed by atoms with van der Waals surface area (Å²) in [6.07, 6.45) is 16.6. The van der Waals surface area contributed by atoms with E-state index in [9.17, 15) is 4.79 Å². The van der Waals surface area contributed by atoms with Crippen LogP contribution in [0.15, 0.2) is 30.3 Å². The van der Waals surface area contributed by atoms with Crippen LogP contribution >= 0.6 is 15.9 Å². The molecule has 0 N–H and O–H groups in total. The lowest BCUT2D eigenvalue weighted by Crippen LogP contribution is -2.04. The Kier molecular flexibility index (Phi) is 13.1. The van der Waals surface area contributed by atoms with Gasteiger partial charge in [0, 0.05) is 16.8 Å². The second kappa shape index (κ2) is 14.7. The number of unbranched alkanes of at least 4 members (excludes halogenated alkanes) is 9. The molecule has 0 saturated heterocycles. The van der Waals surface area contributed by atoms with Crippen molar-refractivity contribution in [3.8, 4) is 0 Å². The minimum atomic E-state index is 0.267. The third-order valence-corrected chi connectivity index (χ3v) is 5.57. The van der Waals surface area contributed by atoms with E-state index >= 15 is 0 Å². The van der Waals surface area contributed by atoms with Crippen molar-refractivity contribution in [2.75, 3.05) is 0 Å². The van der Waals surface area contributed by atoms with Crippen molar-refractivity contribution in [2.45, 2.75) is 95.2 Å². The fourth-order valence-electron chi connectivity index (χ4n) is 3.05. The van der Waals surface area contributed by atoms with Gasteiger partial charge in [-0.1, -0.05) is 117 Å². The highest BCUT2D eigenvalue weighted by Gasteiger charge is 2.09. The quantitative estimate of drug-likeness (QED) is 0.169. The molecule has 24 heavy (non-hydrogen) atoms. The zero-order valence-corrected chi connectivity index (χ0v) is 17.0. The van der Waals surface area contributed by atoms with Crippen molar-refractivity contribution in [2.24, 2.45) is 0 Å². The first-order valence-corrected chi connectivity index (χ1v) is 10.9. The Morgan fingerprint density at radius 2 is 1.38 bits per heavy atom. The Balaban J connectivity index is 1.93. The van der Waals surface area contributed by atoms with E-state index in [1.165, 1.54) is 70.6 Å². The van der Waals surface area contributed by atoms with Gasteiger partial charge in [0.25, 0.3) is 0 Å². The minimum Gasteiger partial charge on any atom is -0.294 e. The van der Waals surface area contributed by atoms with Crippen LogP contribution in [0.25, 0.3) is 0 Å². The third-order valence-electron chi connectivity index (χ3n) is 4.65. The summed E-state index contributed by atoms with van der Waals surface area (Å²) < 4.78 is 0. The van der Waals surface area contributed by atoms with Gasteiger partial charge < -0.3 is 0 Å². The number of halogens is 1. The first kappa shape index (κ1) is 21.4. The Labute approximate surface area is 157 Å². The highest BCUT2D eigenvalue weighted by molar-refractivity contribution is 9.09. The van der Waals surface area contributed by atoms with Crippen LogP contribution in [0.3, 0.4) is 0 Å². The molecule has 1 nitrogen and oxygen atoms in total. The van der Waals surface area contributed by atoms with Crippen LogP contribution in [0.4, 0.5) is 0 Å². The van der Waals surface area contributed by atoms with Gasteiger partial charge in [0.2, 0.25) is 0 Å². The summed E-state index contributed by atoms with van der Waals surface area (Å²) in [6.45, 7) is 2.27. The number of hydrogen-bond acceptors (Lipinski definition) is 1. The summed E-state index contributed by atoms with van der Waals surface area (Å²) in [5.74, 6) is 0.267. The number of alkyl halides is 1. The Morgan fingerprint density at radius 1 is 0.833 bits per heavy atom. The summed E-state index contributed by atoms with van der Waals surface area (Å²) >= 11 is 3.74. The molecule has 0 heterocycles. The van der Waals surface area contributed by atoms with Crippen molar-refractivity contribution in [3.63, 3.8) is 0 Å². The number of benzene rings is 1. The summed E-state index contributed by atoms with van der Waals surface area (Å²) in [7, 11) is 0. The maximum atomic E-state index is 12.1. The van der Waals surface area contributed by atoms with E-state index < -0.39 is 0 Å². The predicted molar refractivity (Wildman–Crippen MR) is 109 cm³/mol. The fourth-order valence-corrected chi connectivity index (χ4v) is 3.61. The number of rotatable bonds is 15. The SMILES string of the molecule is CCCCCCCCCCCCC(Br)CCC(=O)c1ccccc1. The molecular formula is C22H35BrO. The van der Waals surface area contributed by atoms with E-state index in [2.05, 4.69) is 22.9 Å². The average molecular weight is 395 g/mol. The topological polar surface area (TPSA) is 17.1 Å². The average Bonchev–Trinajstić information content (AvgIpc) is 2.62. The molecule has 0 fully saturated rings. The lowest BCUT2D eigenvalue weighted by molar-refractivity contribution is 0.0979. The van der Waals surface area contributed by atoms with Crippen LogP contribution in [-0.4, -0.2) is 10.6 Å². The van der Waals surface area contributed by atoms with E-state index in [-0.39, 0.29) is 5.78 Å². The molecular weight excluding hydrogens is 360 g/mol. The number of carbonyl (C=O) groups excluding carboxylic acids is 1. The van der Waals surface area contributed by atoms with Crippen LogP contribution in [-0.2, 0) is 0 Å². The largest absolute Gasteiger partial charge is 0.294 e. The van der Waals surface area contributed by atoms with Gasteiger partial charge >= 0.3 is 0 Å². The molecule has 0 aliphatic rings. The first-order chi connectivity index (χ1) is 11.7. The second-order valence-corrected chi connectivity index (χ2v) is 8.19. The Bertz CT molecular complexity index is 415. The molecule has 0 aliphatic heterocycles. The van der Waals surface area contributed by atoms with Gasteiger partial charge in [0.15, 0.2) is 5.78 Å². The molecule has 0 aliphatic carbocycles. The van der Waals surface area contributed by atoms with Crippen LogP contribution in [0.5, 0.6) is 0 Å². The predicted octanol–water partition coefficient (Wildman–Crippen LogP) is 7.72. The molecule has 136 valence electrons. The van der Waals surface area contributed by atoms with E-state index in [1.54, 1.807) is 0 Å². The van der Waals surface area contributed by atoms with Crippen molar-refractivity contribution in [1.29, 1.82) is 0 Å². The molecule has 1 aromatic carbocycles. The van der Waals surface area contributed by atoms with E-state index in [0.717, 1.165) is 12.0 Å². The summed E-state index contributed by atoms with van der Waals surface area (Å²) in [6, 6.07) is 9.64. The van der Waals surface area contributed by atoms with Crippen molar-refractivity contribution >= 4 is 21.7 Å². The van der Waals surface area contributed by atoms with E-state index in [0.29, 0.717) is 11.2 Å². The zero-order chi connectivity index (χ0) is 17.5. The van der Waals surface area contributed by atoms with Crippen LogP contribution < -0.4 is 0 Å². The van der Waals surface area contributed by atoms with Gasteiger partial charge in [-0.15, -0.1) is 0 Å². The molecule has 0 aromatic heterocycles. The summed E-state index contributed by atoms with van der Waals surface area (Å²) in [5, 5.41) is 0. The molecule has 1 aromatic rings. The zero-order valence-electron chi connectivity index (χ0n) is 15.4. The molecule has 2 heteroatoms. The lowest BCUT2D eigenvalue weighted by atomic mass is 10.0. The highest BCUT2D eigenvalue weighted by Crippen LogP contribution is 2.19. The van der Waals surface area contributed by atoms with Gasteiger partial charge in [-0.05, 0) is 12.8 Å². The van der Waals surface area contributed by atoms with Gasteiger partial charge in [-0.25, -0.2) is 0 Å². The molecule has 1 rings (SSSR count). The molecule has 0 spiro atoms. The van der Waals surface area contributed by atoms with Crippen LogP contribution in [0.1, 0.15) is 101 Å². The Hall–Kier alpha value is -0.630. The van der Waals surface area contributed by atoms with Gasteiger partial charge in [-0.3, -0.25) is 4.79 Å². The molecule has 0 radical (unpaired) electrons. The summed E-state index contributed by atoms with van der Waals surface area (Å²) in [4.78, 5) is 12.6. The minimum absolute atomic E-state index is 0.267. The molecule has 0 amide bonds. The molecule has 0 saturated carbocycles. The third kappa shape index (κ3) is 11.0. The fraction of sp³-hybridized carbons (Fsp3) is 0.682. The first-order valence-electron chi connectivity index (χ1n) is 9.96. The van der Waals surface area contributed by atoms with Crippen LogP contribution in [0.2, 0.25) is 0 Å². The summed E-state index contributed by atoms with van der Waals surface area (Å²) in [5.41, 5.74) is 0.844. The number of ketones is 1. The van der Waals surface area contributed by atoms with Gasteiger partial charge in [-0.2, -0.15) is 0 Å². The van der Waals surface area contributed by atoms with Crippen molar-refractivity contribution in [1.82, 2.24) is 0 Å². The smallest absolute Gasteiger partial charge is 0.162 e. The maximum Gasteiger partial charge on any atom is 0.162 e. The Morgan fingerprint density at radius 3 is 1.96 bits per heavy atom. The maximum absolute atomic E-state index is 12.1. The molecule has 1 unspecified atom stereocenters. The highest BCUT2D eigenvalue weighted by atomic mass is 79.9. The van der Waals surface area contributed by atoms with Crippen molar-refractivity contribution < 1.29 is 4.79 Å². The van der Waals surface area contributed by atoms with Crippen molar-refractivity contribution in [3.05, 3.63) is 35.9 Å². The van der Waals surface area contributed by atoms with E-state index in [1.807, 2.05) is 30.3 Å². The van der Waals surface area contributed by atoms with Gasteiger partial charge in [0.05, 0.1) is 0 Å². The molecule has 0 bridgehead atoms. The number of carbonyl (C=O) groups is 1. The number of hydrogen-bond donors (Lipinski definition) is 0. The monoisotopic (exact) mass is 394 g/mol. The van der Waals surface area contributed by atoms with E-state index in [4.69, 9.17) is 0 Å². The lowest BCUT2D eigenvalue weighted by Gasteiger charge is -2.09. The normalized spacial score (nSPS) is 12.2. The second-order valence-electron chi connectivity index (χ2n) is 6.90. The number of Topliss-reactive ketones (excluding diaryl/α,β-unsaturated/α-hetero) is 1. The standard InChI is InChI=1S/C22H35BrO/c1-2-3-4-5-6-7-8-9-10-14-17-21(23)18-19-22(24)20-15-12-11-13-16-20/h11-13,15-16,21H,2-10,14,17-19H2,1H3. The van der Waals surface area contributed by atoms with Crippen LogP contribution in [0, 0.1) is 0 Å². The molecule has 1 atom stereocenters.